The molecule has 0 saturated heterocycles. The van der Waals surface area contributed by atoms with E-state index in [2.05, 4.69) is 36.5 Å². The fourth-order valence-electron chi connectivity index (χ4n) is 1.34. The molecule has 0 amide bonds. The van der Waals surface area contributed by atoms with E-state index >= 15 is 0 Å². The van der Waals surface area contributed by atoms with Gasteiger partial charge in [-0.2, -0.15) is 0 Å². The largest absolute Gasteiger partial charge is 0.348 e. The van der Waals surface area contributed by atoms with Crippen LogP contribution in [0.1, 0.15) is 11.4 Å². The maximum absolute atomic E-state index is 5.17. The van der Waals surface area contributed by atoms with Gasteiger partial charge in [0.15, 0.2) is 0 Å². The standard InChI is InChI=1S/C11H15NS/c1-4-8-13-9-7-12-10(2)5-6-11(12)3/h1,5-6H,7-9H2,2-3H3. The summed E-state index contributed by atoms with van der Waals surface area (Å²) in [5.74, 6) is 4.55. The van der Waals surface area contributed by atoms with Gasteiger partial charge in [0.25, 0.3) is 0 Å². The Labute approximate surface area is 84.5 Å². The van der Waals surface area contributed by atoms with Crippen molar-refractivity contribution in [3.05, 3.63) is 23.5 Å². The Balaban J connectivity index is 2.41. The number of aromatic nitrogens is 1. The zero-order valence-electron chi connectivity index (χ0n) is 8.21. The lowest BCUT2D eigenvalue weighted by Gasteiger charge is -2.07. The van der Waals surface area contributed by atoms with Crippen molar-refractivity contribution in [1.29, 1.82) is 0 Å². The molecule has 0 bridgehead atoms. The lowest BCUT2D eigenvalue weighted by Crippen LogP contribution is -2.04. The average Bonchev–Trinajstić information content (AvgIpc) is 2.42. The lowest BCUT2D eigenvalue weighted by molar-refractivity contribution is 0.726. The van der Waals surface area contributed by atoms with E-state index in [9.17, 15) is 0 Å². The minimum atomic E-state index is 0.819. The topological polar surface area (TPSA) is 4.93 Å². The van der Waals surface area contributed by atoms with Crippen molar-refractivity contribution in [2.24, 2.45) is 0 Å². The fourth-order valence-corrected chi connectivity index (χ4v) is 1.91. The molecule has 0 aliphatic rings. The Morgan fingerprint density at radius 1 is 1.38 bits per heavy atom. The molecule has 0 fully saturated rings. The molecular weight excluding hydrogens is 178 g/mol. The normalized spacial score (nSPS) is 9.92. The van der Waals surface area contributed by atoms with E-state index in [1.807, 2.05) is 11.8 Å². The minimum Gasteiger partial charge on any atom is -0.348 e. The highest BCUT2D eigenvalue weighted by atomic mass is 32.2. The summed E-state index contributed by atoms with van der Waals surface area (Å²) < 4.78 is 2.32. The molecule has 2 heteroatoms. The number of hydrogen-bond acceptors (Lipinski definition) is 1. The number of rotatable bonds is 4. The van der Waals surface area contributed by atoms with Gasteiger partial charge < -0.3 is 4.57 Å². The number of terminal acetylenes is 1. The highest BCUT2D eigenvalue weighted by Crippen LogP contribution is 2.09. The monoisotopic (exact) mass is 193 g/mol. The Bertz CT molecular complexity index is 287. The van der Waals surface area contributed by atoms with Crippen LogP contribution in [0.2, 0.25) is 0 Å². The van der Waals surface area contributed by atoms with E-state index < -0.39 is 0 Å². The summed E-state index contributed by atoms with van der Waals surface area (Å²) in [5, 5.41) is 0. The highest BCUT2D eigenvalue weighted by Gasteiger charge is 1.99. The molecule has 0 radical (unpaired) electrons. The molecule has 13 heavy (non-hydrogen) atoms. The van der Waals surface area contributed by atoms with Gasteiger partial charge in [0.1, 0.15) is 0 Å². The zero-order valence-corrected chi connectivity index (χ0v) is 9.03. The molecule has 0 N–H and O–H groups in total. The van der Waals surface area contributed by atoms with E-state index in [0.29, 0.717) is 0 Å². The van der Waals surface area contributed by atoms with Crippen molar-refractivity contribution in [2.45, 2.75) is 20.4 Å². The van der Waals surface area contributed by atoms with Crippen LogP contribution in [0.3, 0.4) is 0 Å². The first-order valence-corrected chi connectivity index (χ1v) is 5.55. The number of hydrogen-bond donors (Lipinski definition) is 0. The molecule has 0 atom stereocenters. The summed E-state index contributed by atoms with van der Waals surface area (Å²) >= 11 is 1.81. The van der Waals surface area contributed by atoms with Crippen LogP contribution in [0.15, 0.2) is 12.1 Å². The molecule has 1 aromatic heterocycles. The van der Waals surface area contributed by atoms with Crippen molar-refractivity contribution >= 4 is 11.8 Å². The third kappa shape index (κ3) is 2.86. The second kappa shape index (κ2) is 5.04. The SMILES string of the molecule is C#CCSCCn1c(C)ccc1C. The van der Waals surface area contributed by atoms with Crippen LogP contribution in [0.5, 0.6) is 0 Å². The summed E-state index contributed by atoms with van der Waals surface area (Å²) in [6.07, 6.45) is 5.17. The predicted octanol–water partition coefficient (Wildman–Crippen LogP) is 2.47. The van der Waals surface area contributed by atoms with Crippen molar-refractivity contribution < 1.29 is 0 Å². The van der Waals surface area contributed by atoms with Crippen LogP contribution in [-0.4, -0.2) is 16.1 Å². The summed E-state index contributed by atoms with van der Waals surface area (Å²) in [6, 6.07) is 4.31. The van der Waals surface area contributed by atoms with E-state index in [4.69, 9.17) is 6.42 Å². The van der Waals surface area contributed by atoms with E-state index in [0.717, 1.165) is 18.1 Å². The number of aryl methyl sites for hydroxylation is 2. The summed E-state index contributed by atoms with van der Waals surface area (Å²) in [5.41, 5.74) is 2.66. The number of thioether (sulfide) groups is 1. The Morgan fingerprint density at radius 3 is 2.54 bits per heavy atom. The molecule has 0 unspecified atom stereocenters. The third-order valence-corrected chi connectivity index (χ3v) is 2.90. The summed E-state index contributed by atoms with van der Waals surface area (Å²) in [7, 11) is 0. The van der Waals surface area contributed by atoms with Crippen LogP contribution in [0, 0.1) is 26.2 Å². The van der Waals surface area contributed by atoms with Gasteiger partial charge >= 0.3 is 0 Å². The van der Waals surface area contributed by atoms with Gasteiger partial charge in [-0.25, -0.2) is 0 Å². The molecule has 1 nitrogen and oxygen atoms in total. The van der Waals surface area contributed by atoms with Crippen molar-refractivity contribution in [3.63, 3.8) is 0 Å². The molecular formula is C11H15NS. The summed E-state index contributed by atoms with van der Waals surface area (Å²) in [6.45, 7) is 5.34. The van der Waals surface area contributed by atoms with E-state index in [1.165, 1.54) is 11.4 Å². The van der Waals surface area contributed by atoms with Gasteiger partial charge in [-0.15, -0.1) is 18.2 Å². The molecule has 1 heterocycles. The fraction of sp³-hybridized carbons (Fsp3) is 0.455. The quantitative estimate of drug-likeness (QED) is 0.525. The molecule has 0 saturated carbocycles. The van der Waals surface area contributed by atoms with Gasteiger partial charge in [-0.3, -0.25) is 0 Å². The van der Waals surface area contributed by atoms with Gasteiger partial charge in [-0.05, 0) is 26.0 Å². The lowest BCUT2D eigenvalue weighted by atomic mass is 10.5. The smallest absolute Gasteiger partial charge is 0.0545 e. The first-order chi connectivity index (χ1) is 6.25. The molecule has 1 aromatic rings. The molecule has 0 aliphatic carbocycles. The maximum Gasteiger partial charge on any atom is 0.0545 e. The Hall–Kier alpha value is -0.810. The second-order valence-corrected chi connectivity index (χ2v) is 4.13. The van der Waals surface area contributed by atoms with Crippen LogP contribution in [-0.2, 0) is 6.54 Å². The van der Waals surface area contributed by atoms with Crippen molar-refractivity contribution in [2.75, 3.05) is 11.5 Å². The highest BCUT2D eigenvalue weighted by molar-refractivity contribution is 7.99. The van der Waals surface area contributed by atoms with E-state index in [-0.39, 0.29) is 0 Å². The van der Waals surface area contributed by atoms with E-state index in [1.54, 1.807) is 0 Å². The van der Waals surface area contributed by atoms with Gasteiger partial charge in [-0.1, -0.05) is 5.92 Å². The minimum absolute atomic E-state index is 0.819. The Kier molecular flexibility index (Phi) is 3.98. The van der Waals surface area contributed by atoms with Crippen molar-refractivity contribution in [3.8, 4) is 12.3 Å². The zero-order chi connectivity index (χ0) is 9.68. The maximum atomic E-state index is 5.17. The predicted molar refractivity (Wildman–Crippen MR) is 60.1 cm³/mol. The van der Waals surface area contributed by atoms with Crippen LogP contribution < -0.4 is 0 Å². The first kappa shape index (κ1) is 10.3. The second-order valence-electron chi connectivity index (χ2n) is 3.02. The molecule has 70 valence electrons. The van der Waals surface area contributed by atoms with Gasteiger partial charge in [0.05, 0.1) is 5.75 Å². The van der Waals surface area contributed by atoms with Gasteiger partial charge in [0, 0.05) is 23.7 Å². The third-order valence-electron chi connectivity index (χ3n) is 2.06. The molecule has 0 spiro atoms. The molecule has 1 rings (SSSR count). The summed E-state index contributed by atoms with van der Waals surface area (Å²) in [4.78, 5) is 0. The van der Waals surface area contributed by atoms with Crippen LogP contribution in [0.25, 0.3) is 0 Å². The number of nitrogens with zero attached hydrogens (tertiary/aromatic N) is 1. The van der Waals surface area contributed by atoms with Crippen molar-refractivity contribution in [1.82, 2.24) is 4.57 Å². The molecule has 0 aliphatic heterocycles. The van der Waals surface area contributed by atoms with Crippen LogP contribution >= 0.6 is 11.8 Å². The molecule has 0 aromatic carbocycles. The Morgan fingerprint density at radius 2 is 2.00 bits per heavy atom. The first-order valence-electron chi connectivity index (χ1n) is 4.39. The van der Waals surface area contributed by atoms with Crippen LogP contribution in [0.4, 0.5) is 0 Å². The average molecular weight is 193 g/mol. The van der Waals surface area contributed by atoms with Gasteiger partial charge in [0.2, 0.25) is 0 Å².